The summed E-state index contributed by atoms with van der Waals surface area (Å²) in [5, 5.41) is 16.3. The van der Waals surface area contributed by atoms with Gasteiger partial charge in [-0.2, -0.15) is 10.1 Å². The van der Waals surface area contributed by atoms with Crippen molar-refractivity contribution >= 4 is 39.6 Å². The van der Waals surface area contributed by atoms with Crippen LogP contribution in [-0.2, 0) is 9.59 Å². The largest absolute Gasteiger partial charge is 0.455 e. The molecule has 9 heteroatoms. The number of amides is 2. The highest BCUT2D eigenvalue weighted by Crippen LogP contribution is 2.60. The molecule has 0 spiro atoms. The van der Waals surface area contributed by atoms with Crippen molar-refractivity contribution in [3.05, 3.63) is 121 Å². The third-order valence-electron chi connectivity index (χ3n) is 7.78. The molecule has 0 N–H and O–H groups in total. The van der Waals surface area contributed by atoms with Crippen molar-refractivity contribution in [3.8, 4) is 11.3 Å². The van der Waals surface area contributed by atoms with Crippen LogP contribution >= 0.6 is 15.9 Å². The lowest BCUT2D eigenvalue weighted by molar-refractivity contribution is -0.384. The van der Waals surface area contributed by atoms with Gasteiger partial charge < -0.3 is 4.42 Å². The van der Waals surface area contributed by atoms with Crippen LogP contribution < -0.4 is 0 Å². The molecule has 1 aromatic heterocycles. The van der Waals surface area contributed by atoms with E-state index in [0.717, 1.165) is 27.3 Å². The minimum absolute atomic E-state index is 0.0419. The fourth-order valence-electron chi connectivity index (χ4n) is 6.27. The Balaban J connectivity index is 1.21. The van der Waals surface area contributed by atoms with Crippen molar-refractivity contribution in [2.24, 2.45) is 16.9 Å². The highest BCUT2D eigenvalue weighted by atomic mass is 79.9. The predicted molar refractivity (Wildman–Crippen MR) is 141 cm³/mol. The molecule has 4 aromatic rings. The Morgan fingerprint density at radius 1 is 0.842 bits per heavy atom. The lowest BCUT2D eigenvalue weighted by atomic mass is 9.55. The number of carbonyl (C=O) groups excluding carboxylic acids is 2. The third kappa shape index (κ3) is 3.18. The number of nitro groups is 1. The third-order valence-corrected chi connectivity index (χ3v) is 8.44. The molecule has 4 aliphatic rings. The zero-order valence-corrected chi connectivity index (χ0v) is 21.2. The van der Waals surface area contributed by atoms with Crippen LogP contribution in [0.1, 0.15) is 39.8 Å². The van der Waals surface area contributed by atoms with E-state index in [9.17, 15) is 19.7 Å². The number of halogens is 1. The lowest BCUT2D eigenvalue weighted by Crippen LogP contribution is -2.41. The number of hydrazone groups is 1. The first-order chi connectivity index (χ1) is 18.4. The van der Waals surface area contributed by atoms with Crippen molar-refractivity contribution in [2.75, 3.05) is 0 Å². The van der Waals surface area contributed by atoms with Gasteiger partial charge in [0.15, 0.2) is 0 Å². The van der Waals surface area contributed by atoms with Crippen LogP contribution in [0.25, 0.3) is 11.3 Å². The molecular formula is C29H18BrN3O5. The van der Waals surface area contributed by atoms with Crippen molar-refractivity contribution in [3.63, 3.8) is 0 Å². The summed E-state index contributed by atoms with van der Waals surface area (Å²) in [6.07, 6.45) is 1.36. The molecule has 0 radical (unpaired) electrons. The molecule has 3 aliphatic carbocycles. The van der Waals surface area contributed by atoms with Crippen LogP contribution in [0.5, 0.6) is 0 Å². The van der Waals surface area contributed by atoms with Gasteiger partial charge in [-0.3, -0.25) is 19.7 Å². The summed E-state index contributed by atoms with van der Waals surface area (Å²) >= 11 is 3.35. The summed E-state index contributed by atoms with van der Waals surface area (Å²) in [4.78, 5) is 37.8. The van der Waals surface area contributed by atoms with E-state index >= 15 is 0 Å². The summed E-state index contributed by atoms with van der Waals surface area (Å²) in [5.41, 5.74) is 5.01. The minimum atomic E-state index is -0.502. The second kappa shape index (κ2) is 8.32. The number of non-ortho nitro benzene ring substituents is 1. The first kappa shape index (κ1) is 22.8. The van der Waals surface area contributed by atoms with Gasteiger partial charge in [-0.05, 0) is 56.4 Å². The number of carbonyl (C=O) groups is 2. The molecule has 0 unspecified atom stereocenters. The SMILES string of the molecule is O=C1[C@@H]2C3c4ccccc4C(c4ccccc43)[C@@H]2C(=O)N1/N=C\c1ccc(-c2ccc([N+](=O)[O-])cc2Br)o1. The maximum absolute atomic E-state index is 13.6. The molecule has 2 atom stereocenters. The minimum Gasteiger partial charge on any atom is -0.455 e. The molecule has 3 aromatic carbocycles. The topological polar surface area (TPSA) is 106 Å². The highest BCUT2D eigenvalue weighted by Gasteiger charge is 2.61. The van der Waals surface area contributed by atoms with Gasteiger partial charge in [-0.25, -0.2) is 0 Å². The zero-order valence-electron chi connectivity index (χ0n) is 19.7. The molecular weight excluding hydrogens is 550 g/mol. The molecule has 2 heterocycles. The highest BCUT2D eigenvalue weighted by molar-refractivity contribution is 9.10. The average Bonchev–Trinajstić information content (AvgIpc) is 3.50. The van der Waals surface area contributed by atoms with Crippen LogP contribution in [0.4, 0.5) is 5.69 Å². The molecule has 8 nitrogen and oxygen atoms in total. The van der Waals surface area contributed by atoms with Gasteiger partial charge >= 0.3 is 0 Å². The first-order valence-corrected chi connectivity index (χ1v) is 12.9. The number of hydrogen-bond acceptors (Lipinski definition) is 6. The Morgan fingerprint density at radius 2 is 1.39 bits per heavy atom. The fraction of sp³-hybridized carbons (Fsp3) is 0.138. The lowest BCUT2D eigenvalue weighted by Gasteiger charge is -2.45. The first-order valence-electron chi connectivity index (χ1n) is 12.1. The number of imide groups is 1. The van der Waals surface area contributed by atoms with Gasteiger partial charge in [0.2, 0.25) is 0 Å². The van der Waals surface area contributed by atoms with E-state index in [-0.39, 0.29) is 29.3 Å². The molecule has 8 rings (SSSR count). The van der Waals surface area contributed by atoms with E-state index in [0.29, 0.717) is 21.6 Å². The molecule has 2 amide bonds. The van der Waals surface area contributed by atoms with Crippen LogP contribution in [0.3, 0.4) is 0 Å². The van der Waals surface area contributed by atoms with Gasteiger partial charge in [-0.15, -0.1) is 0 Å². The molecule has 1 saturated heterocycles. The Labute approximate surface area is 224 Å². The van der Waals surface area contributed by atoms with E-state index in [1.54, 1.807) is 18.2 Å². The number of hydrogen-bond donors (Lipinski definition) is 0. The van der Waals surface area contributed by atoms with E-state index in [1.807, 2.05) is 24.3 Å². The van der Waals surface area contributed by atoms with E-state index in [1.165, 1.54) is 18.3 Å². The smallest absolute Gasteiger partial charge is 0.270 e. The summed E-state index contributed by atoms with van der Waals surface area (Å²) in [5.74, 6) is -1.19. The molecule has 0 saturated carbocycles. The molecule has 38 heavy (non-hydrogen) atoms. The van der Waals surface area contributed by atoms with Crippen molar-refractivity contribution in [1.29, 1.82) is 0 Å². The molecule has 2 bridgehead atoms. The van der Waals surface area contributed by atoms with Crippen molar-refractivity contribution < 1.29 is 18.9 Å². The van der Waals surface area contributed by atoms with E-state index in [4.69, 9.17) is 4.42 Å². The number of benzene rings is 3. The standard InChI is InChI=1S/C29H18BrN3O5/c30-22-13-15(33(36)37)9-11-21(22)23-12-10-16(38-23)14-31-32-28(34)26-24-17-5-1-2-6-18(17)25(27(26)29(32)35)20-8-4-3-7-19(20)24/h1-14,24-27H/b31-14-/t24?,25?,26-,27+. The van der Waals surface area contributed by atoms with Gasteiger partial charge in [0.1, 0.15) is 11.5 Å². The van der Waals surface area contributed by atoms with Crippen LogP contribution in [0.2, 0.25) is 0 Å². The second-order valence-corrected chi connectivity index (χ2v) is 10.5. The normalized spacial score (nSPS) is 23.0. The Bertz CT molecular complexity index is 1590. The summed E-state index contributed by atoms with van der Waals surface area (Å²) in [6.45, 7) is 0. The fourth-order valence-corrected chi connectivity index (χ4v) is 6.84. The van der Waals surface area contributed by atoms with Gasteiger partial charge in [0.25, 0.3) is 17.5 Å². The van der Waals surface area contributed by atoms with Crippen LogP contribution in [0, 0.1) is 22.0 Å². The number of furan rings is 1. The summed E-state index contributed by atoms with van der Waals surface area (Å²) < 4.78 is 6.36. The average molecular weight is 568 g/mol. The summed E-state index contributed by atoms with van der Waals surface area (Å²) in [7, 11) is 0. The van der Waals surface area contributed by atoms with Crippen molar-refractivity contribution in [2.45, 2.75) is 11.8 Å². The predicted octanol–water partition coefficient (Wildman–Crippen LogP) is 5.84. The van der Waals surface area contributed by atoms with E-state index in [2.05, 4.69) is 45.3 Å². The molecule has 1 fully saturated rings. The van der Waals surface area contributed by atoms with Gasteiger partial charge in [0, 0.05) is 34.0 Å². The second-order valence-electron chi connectivity index (χ2n) is 9.62. The maximum atomic E-state index is 13.6. The molecule has 1 aliphatic heterocycles. The number of nitrogens with zero attached hydrogens (tertiary/aromatic N) is 3. The van der Waals surface area contributed by atoms with Crippen LogP contribution in [-0.4, -0.2) is 28.0 Å². The Morgan fingerprint density at radius 3 is 1.89 bits per heavy atom. The summed E-state index contributed by atoms with van der Waals surface area (Å²) in [6, 6.07) is 23.9. The van der Waals surface area contributed by atoms with Crippen molar-refractivity contribution in [1.82, 2.24) is 5.01 Å². The quantitative estimate of drug-likeness (QED) is 0.133. The Hall–Kier alpha value is -4.37. The van der Waals surface area contributed by atoms with Crippen LogP contribution in [0.15, 0.2) is 92.9 Å². The van der Waals surface area contributed by atoms with Gasteiger partial charge in [-0.1, -0.05) is 48.5 Å². The number of rotatable bonds is 4. The Kier molecular flexibility index (Phi) is 4.99. The van der Waals surface area contributed by atoms with E-state index < -0.39 is 16.8 Å². The monoisotopic (exact) mass is 567 g/mol. The van der Waals surface area contributed by atoms with Gasteiger partial charge in [0.05, 0.1) is 23.0 Å². The maximum Gasteiger partial charge on any atom is 0.270 e. The zero-order chi connectivity index (χ0) is 26.1. The number of nitro benzene ring substituents is 1. The molecule has 186 valence electrons.